The lowest BCUT2D eigenvalue weighted by Gasteiger charge is -2.30. The van der Waals surface area contributed by atoms with Crippen LogP contribution in [-0.2, 0) is 9.47 Å². The van der Waals surface area contributed by atoms with Crippen molar-refractivity contribution in [3.8, 4) is 11.4 Å². The average Bonchev–Trinajstić information content (AvgIpc) is 3.23. The number of fused-ring (bicyclic) bond motifs is 3. The van der Waals surface area contributed by atoms with Gasteiger partial charge in [0.1, 0.15) is 0 Å². The summed E-state index contributed by atoms with van der Waals surface area (Å²) in [6.07, 6.45) is 0. The summed E-state index contributed by atoms with van der Waals surface area (Å²) in [5.74, 6) is 2.13. The molecule has 0 spiro atoms. The molecule has 0 atom stereocenters. The van der Waals surface area contributed by atoms with Crippen molar-refractivity contribution in [1.29, 1.82) is 0 Å². The van der Waals surface area contributed by atoms with E-state index in [9.17, 15) is 0 Å². The minimum absolute atomic E-state index is 0. The van der Waals surface area contributed by atoms with Crippen molar-refractivity contribution in [2.24, 2.45) is 0 Å². The Balaban J connectivity index is 0.00000216. The molecule has 0 saturated carbocycles. The van der Waals surface area contributed by atoms with Crippen LogP contribution in [0.3, 0.4) is 0 Å². The molecule has 31 heavy (non-hydrogen) atoms. The molecular weight excluding hydrogens is 392 g/mol. The minimum atomic E-state index is 0. The van der Waals surface area contributed by atoms with Gasteiger partial charge in [0.15, 0.2) is 5.82 Å². The molecule has 6 rings (SSSR count). The molecule has 4 aromatic rings. The van der Waals surface area contributed by atoms with Crippen molar-refractivity contribution < 1.29 is 10.9 Å². The third-order valence-electron chi connectivity index (χ3n) is 5.96. The van der Waals surface area contributed by atoms with Gasteiger partial charge in [0.2, 0.25) is 11.9 Å². The van der Waals surface area contributed by atoms with Gasteiger partial charge in [-0.1, -0.05) is 18.2 Å². The molecule has 8 heteroatoms. The first-order valence-corrected chi connectivity index (χ1v) is 10.8. The molecule has 4 heterocycles. The number of nitrogens with zero attached hydrogens (tertiary/aromatic N) is 5. The van der Waals surface area contributed by atoms with Gasteiger partial charge in [-0.2, -0.15) is 15.0 Å². The van der Waals surface area contributed by atoms with Gasteiger partial charge in [0.05, 0.1) is 26.4 Å². The number of benzene rings is 2. The van der Waals surface area contributed by atoms with E-state index in [1.807, 2.05) is 6.07 Å². The monoisotopic (exact) mass is 418 g/mol. The fraction of sp³-hybridized carbons (Fsp3) is 0.348. The molecular formula is C23H26N6O2. The highest BCUT2D eigenvalue weighted by Gasteiger charge is 2.21. The topological polar surface area (TPSA) is 79.4 Å². The number of ether oxygens (including phenoxy) is 2. The van der Waals surface area contributed by atoms with E-state index in [0.717, 1.165) is 42.8 Å². The summed E-state index contributed by atoms with van der Waals surface area (Å²) in [4.78, 5) is 22.4. The van der Waals surface area contributed by atoms with Gasteiger partial charge < -0.3 is 24.3 Å². The summed E-state index contributed by atoms with van der Waals surface area (Å²) in [5, 5.41) is 2.38. The molecule has 160 valence electrons. The molecule has 8 nitrogen and oxygen atoms in total. The van der Waals surface area contributed by atoms with Crippen LogP contribution in [-0.4, -0.2) is 72.5 Å². The van der Waals surface area contributed by atoms with Crippen LogP contribution < -0.4 is 9.80 Å². The summed E-state index contributed by atoms with van der Waals surface area (Å²) < 4.78 is 11.0. The number of morpholine rings is 2. The van der Waals surface area contributed by atoms with Crippen LogP contribution in [0.1, 0.15) is 1.43 Å². The smallest absolute Gasteiger partial charge is 0.230 e. The number of H-pyrrole nitrogens is 1. The Hall–Kier alpha value is -3.23. The van der Waals surface area contributed by atoms with Gasteiger partial charge in [-0.05, 0) is 24.3 Å². The predicted octanol–water partition coefficient (Wildman–Crippen LogP) is 3.09. The summed E-state index contributed by atoms with van der Waals surface area (Å²) >= 11 is 0. The van der Waals surface area contributed by atoms with Crippen molar-refractivity contribution in [1.82, 2.24) is 19.9 Å². The van der Waals surface area contributed by atoms with E-state index in [-0.39, 0.29) is 1.43 Å². The number of anilines is 2. The first-order valence-electron chi connectivity index (χ1n) is 10.8. The highest BCUT2D eigenvalue weighted by atomic mass is 16.5. The van der Waals surface area contributed by atoms with Gasteiger partial charge in [-0.3, -0.25) is 0 Å². The van der Waals surface area contributed by atoms with Crippen LogP contribution in [0.15, 0.2) is 42.5 Å². The van der Waals surface area contributed by atoms with Crippen molar-refractivity contribution >= 4 is 33.7 Å². The Labute approximate surface area is 181 Å². The zero-order valence-corrected chi connectivity index (χ0v) is 17.3. The number of hydrogen-bond donors (Lipinski definition) is 1. The van der Waals surface area contributed by atoms with Crippen LogP contribution in [0, 0.1) is 0 Å². The fourth-order valence-corrected chi connectivity index (χ4v) is 4.28. The van der Waals surface area contributed by atoms with E-state index in [2.05, 4.69) is 51.2 Å². The minimum Gasteiger partial charge on any atom is -0.378 e. The molecule has 0 radical (unpaired) electrons. The molecule has 2 saturated heterocycles. The lowest BCUT2D eigenvalue weighted by Crippen LogP contribution is -2.40. The van der Waals surface area contributed by atoms with E-state index < -0.39 is 0 Å². The van der Waals surface area contributed by atoms with Crippen molar-refractivity contribution in [2.45, 2.75) is 0 Å². The first-order chi connectivity index (χ1) is 15.3. The van der Waals surface area contributed by atoms with E-state index >= 15 is 0 Å². The van der Waals surface area contributed by atoms with Crippen LogP contribution >= 0.6 is 0 Å². The lowest BCUT2D eigenvalue weighted by molar-refractivity contribution is 0.121. The van der Waals surface area contributed by atoms with E-state index in [1.165, 1.54) is 10.8 Å². The van der Waals surface area contributed by atoms with Crippen molar-refractivity contribution in [3.05, 3.63) is 42.5 Å². The molecule has 2 aliphatic heterocycles. The van der Waals surface area contributed by atoms with E-state index in [0.29, 0.717) is 44.1 Å². The maximum Gasteiger partial charge on any atom is 0.230 e. The molecule has 2 fully saturated rings. The maximum absolute atomic E-state index is 5.52. The first kappa shape index (κ1) is 18.5. The second-order valence-corrected chi connectivity index (χ2v) is 7.89. The summed E-state index contributed by atoms with van der Waals surface area (Å²) in [6.45, 7) is 5.90. The van der Waals surface area contributed by atoms with Crippen molar-refractivity contribution in [2.75, 3.05) is 62.4 Å². The van der Waals surface area contributed by atoms with Crippen LogP contribution in [0.4, 0.5) is 11.9 Å². The number of nitrogens with one attached hydrogen (secondary N) is 1. The van der Waals surface area contributed by atoms with Gasteiger partial charge >= 0.3 is 0 Å². The number of aromatic amines is 1. The molecule has 0 aliphatic carbocycles. The second-order valence-electron chi connectivity index (χ2n) is 7.89. The number of rotatable bonds is 3. The van der Waals surface area contributed by atoms with Gasteiger partial charge in [-0.15, -0.1) is 0 Å². The number of para-hydroxylation sites is 1. The Kier molecular flexibility index (Phi) is 4.66. The van der Waals surface area contributed by atoms with Crippen LogP contribution in [0.5, 0.6) is 0 Å². The van der Waals surface area contributed by atoms with Gasteiger partial charge in [0, 0.05) is 55.0 Å². The lowest BCUT2D eigenvalue weighted by atomic mass is 10.1. The normalized spacial score (nSPS) is 17.5. The van der Waals surface area contributed by atoms with Crippen LogP contribution in [0.25, 0.3) is 33.2 Å². The molecule has 1 N–H and O–H groups in total. The van der Waals surface area contributed by atoms with Crippen LogP contribution in [0.2, 0.25) is 0 Å². The fourth-order valence-electron chi connectivity index (χ4n) is 4.28. The third kappa shape index (κ3) is 3.47. The average molecular weight is 419 g/mol. The largest absolute Gasteiger partial charge is 0.378 e. The standard InChI is InChI=1S/C23H24N6O2.H2/c1-2-4-19-17(3-1)18-15-16(5-6-20(18)24-19)21-25-22(28-7-11-30-12-8-28)27-23(26-21)29-9-13-31-14-10-29;/h1-6,15,24H,7-14H2;1H. The Morgan fingerprint density at radius 3 is 2.00 bits per heavy atom. The zero-order valence-electron chi connectivity index (χ0n) is 17.3. The predicted molar refractivity (Wildman–Crippen MR) is 123 cm³/mol. The summed E-state index contributed by atoms with van der Waals surface area (Å²) in [7, 11) is 0. The van der Waals surface area contributed by atoms with Gasteiger partial charge in [-0.25, -0.2) is 0 Å². The number of hydrogen-bond acceptors (Lipinski definition) is 7. The highest BCUT2D eigenvalue weighted by molar-refractivity contribution is 6.08. The molecule has 2 aromatic carbocycles. The van der Waals surface area contributed by atoms with E-state index in [1.54, 1.807) is 0 Å². The molecule has 2 aliphatic rings. The molecule has 2 aromatic heterocycles. The molecule has 0 amide bonds. The third-order valence-corrected chi connectivity index (χ3v) is 5.96. The Morgan fingerprint density at radius 2 is 1.32 bits per heavy atom. The Bertz CT molecular complexity index is 1200. The highest BCUT2D eigenvalue weighted by Crippen LogP contribution is 2.30. The van der Waals surface area contributed by atoms with E-state index in [4.69, 9.17) is 24.4 Å². The Morgan fingerprint density at radius 1 is 0.710 bits per heavy atom. The molecule has 0 bridgehead atoms. The quantitative estimate of drug-likeness (QED) is 0.548. The maximum atomic E-state index is 5.52. The zero-order chi connectivity index (χ0) is 20.6. The SMILES string of the molecule is [HH].c1ccc2c(c1)[nH]c1ccc(-c3nc(N4CCOCC4)nc(N4CCOCC4)n3)cc12. The summed E-state index contributed by atoms with van der Waals surface area (Å²) in [5.41, 5.74) is 3.23. The summed E-state index contributed by atoms with van der Waals surface area (Å²) in [6, 6.07) is 14.7. The second kappa shape index (κ2) is 7.79. The van der Waals surface area contributed by atoms with Gasteiger partial charge in [0.25, 0.3) is 0 Å². The number of aromatic nitrogens is 4. The molecule has 0 unspecified atom stereocenters. The van der Waals surface area contributed by atoms with Crippen molar-refractivity contribution in [3.63, 3.8) is 0 Å².